The SMILES string of the molecule is CC(C)CC1c2[nH]c3ccccc3c2CCN1C(=O)CCn1cnnn1. The van der Waals surface area contributed by atoms with Gasteiger partial charge in [-0.15, -0.1) is 5.10 Å². The number of amides is 1. The number of hydrogen-bond acceptors (Lipinski definition) is 4. The average molecular weight is 352 g/mol. The lowest BCUT2D eigenvalue weighted by atomic mass is 9.91. The zero-order chi connectivity index (χ0) is 18.1. The van der Waals surface area contributed by atoms with Crippen LogP contribution in [0.5, 0.6) is 0 Å². The second-order valence-corrected chi connectivity index (χ2v) is 7.37. The molecular weight excluding hydrogens is 328 g/mol. The molecule has 7 heteroatoms. The first kappa shape index (κ1) is 16.8. The standard InChI is InChI=1S/C19H24N6O/c1-13(2)11-17-19-15(14-5-3-4-6-16(14)21-19)7-10-25(17)18(26)8-9-24-12-20-22-23-24/h3-6,12-13,17,21H,7-11H2,1-2H3. The predicted octanol–water partition coefficient (Wildman–Crippen LogP) is 2.72. The van der Waals surface area contributed by atoms with E-state index in [4.69, 9.17) is 0 Å². The molecule has 2 aromatic heterocycles. The second kappa shape index (κ2) is 6.90. The molecule has 1 aromatic carbocycles. The molecular formula is C19H24N6O. The third-order valence-electron chi connectivity index (χ3n) is 5.12. The van der Waals surface area contributed by atoms with Crippen molar-refractivity contribution in [2.45, 2.75) is 45.7 Å². The topological polar surface area (TPSA) is 79.7 Å². The van der Waals surface area contributed by atoms with Gasteiger partial charge in [-0.05, 0) is 40.8 Å². The lowest BCUT2D eigenvalue weighted by Gasteiger charge is -2.37. The van der Waals surface area contributed by atoms with Crippen LogP contribution in [0.25, 0.3) is 10.9 Å². The summed E-state index contributed by atoms with van der Waals surface area (Å²) in [7, 11) is 0. The summed E-state index contributed by atoms with van der Waals surface area (Å²) >= 11 is 0. The number of rotatable bonds is 5. The summed E-state index contributed by atoms with van der Waals surface area (Å²) in [6, 6.07) is 8.53. The lowest BCUT2D eigenvalue weighted by Crippen LogP contribution is -2.41. The minimum atomic E-state index is 0.104. The van der Waals surface area contributed by atoms with Crippen molar-refractivity contribution in [1.29, 1.82) is 0 Å². The number of tetrazole rings is 1. The number of aryl methyl sites for hydroxylation is 1. The van der Waals surface area contributed by atoms with Gasteiger partial charge < -0.3 is 9.88 Å². The Morgan fingerprint density at radius 1 is 1.35 bits per heavy atom. The van der Waals surface area contributed by atoms with Crippen molar-refractivity contribution in [3.8, 4) is 0 Å². The third-order valence-corrected chi connectivity index (χ3v) is 5.12. The summed E-state index contributed by atoms with van der Waals surface area (Å²) in [4.78, 5) is 18.6. The molecule has 4 rings (SSSR count). The highest BCUT2D eigenvalue weighted by Gasteiger charge is 2.33. The molecule has 1 aliphatic heterocycles. The minimum Gasteiger partial charge on any atom is -0.356 e. The van der Waals surface area contributed by atoms with Crippen molar-refractivity contribution >= 4 is 16.8 Å². The fourth-order valence-corrected chi connectivity index (χ4v) is 3.95. The monoisotopic (exact) mass is 352 g/mol. The molecule has 0 spiro atoms. The molecule has 136 valence electrons. The molecule has 1 aliphatic rings. The van der Waals surface area contributed by atoms with Crippen LogP contribution in [0, 0.1) is 5.92 Å². The molecule has 1 unspecified atom stereocenters. The summed E-state index contributed by atoms with van der Waals surface area (Å²) in [6.07, 6.45) is 3.81. The van der Waals surface area contributed by atoms with E-state index in [1.807, 2.05) is 4.90 Å². The van der Waals surface area contributed by atoms with Crippen LogP contribution < -0.4 is 0 Å². The summed E-state index contributed by atoms with van der Waals surface area (Å²) in [6.45, 7) is 5.69. The molecule has 1 amide bonds. The predicted molar refractivity (Wildman–Crippen MR) is 98.3 cm³/mol. The van der Waals surface area contributed by atoms with E-state index in [1.54, 1.807) is 11.0 Å². The van der Waals surface area contributed by atoms with Gasteiger partial charge in [0, 0.05) is 29.6 Å². The first-order valence-corrected chi connectivity index (χ1v) is 9.23. The van der Waals surface area contributed by atoms with E-state index in [-0.39, 0.29) is 11.9 Å². The fraction of sp³-hybridized carbons (Fsp3) is 0.474. The van der Waals surface area contributed by atoms with Gasteiger partial charge >= 0.3 is 0 Å². The first-order valence-electron chi connectivity index (χ1n) is 9.23. The van der Waals surface area contributed by atoms with Gasteiger partial charge in [0.1, 0.15) is 6.33 Å². The molecule has 1 N–H and O–H groups in total. The van der Waals surface area contributed by atoms with E-state index in [2.05, 4.69) is 58.6 Å². The Morgan fingerprint density at radius 3 is 2.96 bits per heavy atom. The van der Waals surface area contributed by atoms with E-state index >= 15 is 0 Å². The number of fused-ring (bicyclic) bond motifs is 3. The number of benzene rings is 1. The normalized spacial score (nSPS) is 17.0. The van der Waals surface area contributed by atoms with Gasteiger partial charge in [-0.1, -0.05) is 32.0 Å². The van der Waals surface area contributed by atoms with Crippen molar-refractivity contribution in [3.63, 3.8) is 0 Å². The number of hydrogen-bond donors (Lipinski definition) is 1. The highest BCUT2D eigenvalue weighted by Crippen LogP contribution is 2.38. The smallest absolute Gasteiger partial charge is 0.225 e. The molecule has 0 saturated carbocycles. The van der Waals surface area contributed by atoms with E-state index in [9.17, 15) is 4.79 Å². The zero-order valence-electron chi connectivity index (χ0n) is 15.2. The van der Waals surface area contributed by atoms with E-state index in [1.165, 1.54) is 16.6 Å². The fourth-order valence-electron chi connectivity index (χ4n) is 3.95. The molecule has 0 bridgehead atoms. The molecule has 26 heavy (non-hydrogen) atoms. The Balaban J connectivity index is 1.61. The Morgan fingerprint density at radius 2 is 2.19 bits per heavy atom. The Hall–Kier alpha value is -2.70. The van der Waals surface area contributed by atoms with Gasteiger partial charge in [0.2, 0.25) is 5.91 Å². The van der Waals surface area contributed by atoms with E-state index in [0.717, 1.165) is 24.9 Å². The van der Waals surface area contributed by atoms with Gasteiger partial charge in [0.05, 0.1) is 12.6 Å². The van der Waals surface area contributed by atoms with Crippen LogP contribution in [0.2, 0.25) is 0 Å². The Labute approximate surface area is 152 Å². The van der Waals surface area contributed by atoms with Gasteiger partial charge in [0.25, 0.3) is 0 Å². The maximum atomic E-state index is 12.9. The van der Waals surface area contributed by atoms with Crippen molar-refractivity contribution in [3.05, 3.63) is 41.9 Å². The van der Waals surface area contributed by atoms with Gasteiger partial charge in [-0.25, -0.2) is 4.68 Å². The van der Waals surface area contributed by atoms with Crippen molar-refractivity contribution in [2.24, 2.45) is 5.92 Å². The molecule has 1 atom stereocenters. The number of H-pyrrole nitrogens is 1. The number of carbonyl (C=O) groups excluding carboxylic acids is 1. The first-order chi connectivity index (χ1) is 12.6. The molecule has 0 aliphatic carbocycles. The number of aromatic nitrogens is 5. The van der Waals surface area contributed by atoms with Crippen LogP contribution in [0.1, 0.15) is 44.0 Å². The van der Waals surface area contributed by atoms with Crippen LogP contribution in [0.3, 0.4) is 0 Å². The van der Waals surface area contributed by atoms with Gasteiger partial charge in [0.15, 0.2) is 0 Å². The quantitative estimate of drug-likeness (QED) is 0.766. The largest absolute Gasteiger partial charge is 0.356 e. The molecule has 0 fully saturated rings. The van der Waals surface area contributed by atoms with Crippen molar-refractivity contribution in [1.82, 2.24) is 30.1 Å². The van der Waals surface area contributed by atoms with E-state index < -0.39 is 0 Å². The third kappa shape index (κ3) is 3.09. The second-order valence-electron chi connectivity index (χ2n) is 7.37. The van der Waals surface area contributed by atoms with Crippen LogP contribution >= 0.6 is 0 Å². The number of carbonyl (C=O) groups is 1. The van der Waals surface area contributed by atoms with Crippen LogP contribution in [0.15, 0.2) is 30.6 Å². The summed E-state index contributed by atoms with van der Waals surface area (Å²) in [5.74, 6) is 0.669. The molecule has 0 radical (unpaired) electrons. The summed E-state index contributed by atoms with van der Waals surface area (Å²) in [5, 5.41) is 12.4. The van der Waals surface area contributed by atoms with Gasteiger partial charge in [-0.3, -0.25) is 4.79 Å². The van der Waals surface area contributed by atoms with E-state index in [0.29, 0.717) is 18.9 Å². The van der Waals surface area contributed by atoms with Crippen LogP contribution in [-0.2, 0) is 17.8 Å². The summed E-state index contributed by atoms with van der Waals surface area (Å²) in [5.41, 5.74) is 3.74. The molecule has 7 nitrogen and oxygen atoms in total. The maximum Gasteiger partial charge on any atom is 0.225 e. The van der Waals surface area contributed by atoms with Crippen LogP contribution in [0.4, 0.5) is 0 Å². The highest BCUT2D eigenvalue weighted by molar-refractivity contribution is 5.86. The maximum absolute atomic E-state index is 12.9. The number of nitrogens with zero attached hydrogens (tertiary/aromatic N) is 5. The van der Waals surface area contributed by atoms with Crippen LogP contribution in [-0.4, -0.2) is 42.5 Å². The highest BCUT2D eigenvalue weighted by atomic mass is 16.2. The van der Waals surface area contributed by atoms with Crippen molar-refractivity contribution in [2.75, 3.05) is 6.54 Å². The van der Waals surface area contributed by atoms with Gasteiger partial charge in [-0.2, -0.15) is 0 Å². The minimum absolute atomic E-state index is 0.104. The molecule has 3 heterocycles. The average Bonchev–Trinajstić information content (AvgIpc) is 3.27. The number of aromatic amines is 1. The number of nitrogens with one attached hydrogen (secondary N) is 1. The summed E-state index contributed by atoms with van der Waals surface area (Å²) < 4.78 is 1.60. The zero-order valence-corrected chi connectivity index (χ0v) is 15.2. The van der Waals surface area contributed by atoms with Crippen molar-refractivity contribution < 1.29 is 4.79 Å². The lowest BCUT2D eigenvalue weighted by molar-refractivity contribution is -0.134. The Bertz CT molecular complexity index is 898. The molecule has 3 aromatic rings. The number of para-hydroxylation sites is 1. The Kier molecular flexibility index (Phi) is 4.44. The molecule has 0 saturated heterocycles.